The third kappa shape index (κ3) is 5.00. The van der Waals surface area contributed by atoms with Crippen LogP contribution in [0.1, 0.15) is 29.2 Å². The van der Waals surface area contributed by atoms with Gasteiger partial charge in [-0.05, 0) is 71.5 Å². The van der Waals surface area contributed by atoms with E-state index < -0.39 is 11.7 Å². The van der Waals surface area contributed by atoms with Crippen LogP contribution in [-0.4, -0.2) is 11.5 Å². The number of rotatable bonds is 7. The summed E-state index contributed by atoms with van der Waals surface area (Å²) in [5.41, 5.74) is 6.03. The highest BCUT2D eigenvalue weighted by Gasteiger charge is 2.29. The molecule has 0 fully saturated rings. The average Bonchev–Trinajstić information content (AvgIpc) is 3.19. The predicted octanol–water partition coefficient (Wildman–Crippen LogP) is 6.75. The van der Waals surface area contributed by atoms with Crippen molar-refractivity contribution in [3.63, 3.8) is 0 Å². The molecule has 4 aromatic rings. The number of aromatic amines is 1. The fraction of sp³-hybridized carbons (Fsp3) is 0.231. The van der Waals surface area contributed by atoms with E-state index in [1.807, 2.05) is 24.3 Å². The lowest BCUT2D eigenvalue weighted by Crippen LogP contribution is -2.16. The summed E-state index contributed by atoms with van der Waals surface area (Å²) in [5, 5.41) is 4.77. The number of H-pyrrole nitrogens is 1. The Morgan fingerprint density at radius 3 is 2.13 bits per heavy atom. The van der Waals surface area contributed by atoms with Gasteiger partial charge in [0.05, 0.1) is 5.56 Å². The summed E-state index contributed by atoms with van der Waals surface area (Å²) >= 11 is 0. The molecule has 1 heterocycles. The molecule has 0 aliphatic rings. The van der Waals surface area contributed by atoms with E-state index in [1.165, 1.54) is 34.2 Å². The lowest BCUT2D eigenvalue weighted by molar-refractivity contribution is -0.137. The van der Waals surface area contributed by atoms with Crippen molar-refractivity contribution in [3.8, 4) is 11.1 Å². The number of aryl methyl sites for hydroxylation is 1. The molecule has 31 heavy (non-hydrogen) atoms. The highest BCUT2D eigenvalue weighted by Crippen LogP contribution is 2.31. The molecule has 0 aliphatic heterocycles. The summed E-state index contributed by atoms with van der Waals surface area (Å²) < 4.78 is 38.1. The number of nitrogens with one attached hydrogen (secondary N) is 2. The Balaban J connectivity index is 1.32. The minimum Gasteiger partial charge on any atom is -0.361 e. The number of hydrogen-bond acceptors (Lipinski definition) is 1. The third-order valence-corrected chi connectivity index (χ3v) is 5.64. The van der Waals surface area contributed by atoms with Crippen molar-refractivity contribution in [1.82, 2.24) is 10.3 Å². The highest BCUT2D eigenvalue weighted by atomic mass is 19.4. The highest BCUT2D eigenvalue weighted by molar-refractivity contribution is 5.83. The van der Waals surface area contributed by atoms with Gasteiger partial charge in [-0.1, -0.05) is 49.4 Å². The van der Waals surface area contributed by atoms with Gasteiger partial charge in [-0.25, -0.2) is 0 Å². The Bertz CT molecular complexity index is 1140. The number of benzene rings is 3. The van der Waals surface area contributed by atoms with E-state index in [0.29, 0.717) is 0 Å². The lowest BCUT2D eigenvalue weighted by atomic mass is 10.0. The maximum absolute atomic E-state index is 12.7. The number of fused-ring (bicyclic) bond motifs is 1. The quantitative estimate of drug-likeness (QED) is 0.317. The number of alkyl halides is 3. The molecule has 0 bridgehead atoms. The van der Waals surface area contributed by atoms with Crippen molar-refractivity contribution in [1.29, 1.82) is 0 Å². The van der Waals surface area contributed by atoms with Crippen LogP contribution in [0.25, 0.3) is 22.0 Å². The van der Waals surface area contributed by atoms with E-state index >= 15 is 0 Å². The number of hydrogen-bond donors (Lipinski definition) is 2. The van der Waals surface area contributed by atoms with Gasteiger partial charge in [0, 0.05) is 23.6 Å². The van der Waals surface area contributed by atoms with Gasteiger partial charge in [0.15, 0.2) is 0 Å². The largest absolute Gasteiger partial charge is 0.416 e. The van der Waals surface area contributed by atoms with Crippen molar-refractivity contribution < 1.29 is 13.2 Å². The zero-order valence-corrected chi connectivity index (χ0v) is 17.4. The molecular formula is C26H25F3N2. The Labute approximate surface area is 180 Å². The molecule has 4 rings (SSSR count). The summed E-state index contributed by atoms with van der Waals surface area (Å²) in [6.07, 6.45) is -0.248. The lowest BCUT2D eigenvalue weighted by Gasteiger charge is -2.09. The molecular weight excluding hydrogens is 397 g/mol. The van der Waals surface area contributed by atoms with E-state index in [2.05, 4.69) is 41.6 Å². The number of halogens is 3. The summed E-state index contributed by atoms with van der Waals surface area (Å²) in [6.45, 7) is 3.78. The maximum Gasteiger partial charge on any atom is 0.416 e. The van der Waals surface area contributed by atoms with Crippen molar-refractivity contribution in [2.24, 2.45) is 0 Å². The van der Waals surface area contributed by atoms with E-state index in [4.69, 9.17) is 0 Å². The molecule has 0 atom stereocenters. The first-order chi connectivity index (χ1) is 14.9. The molecule has 0 spiro atoms. The topological polar surface area (TPSA) is 27.8 Å². The zero-order valence-electron chi connectivity index (χ0n) is 17.4. The van der Waals surface area contributed by atoms with Crippen LogP contribution >= 0.6 is 0 Å². The molecule has 0 saturated heterocycles. The van der Waals surface area contributed by atoms with Crippen LogP contribution < -0.4 is 5.32 Å². The first-order valence-corrected chi connectivity index (χ1v) is 10.5. The van der Waals surface area contributed by atoms with E-state index in [0.717, 1.165) is 54.8 Å². The third-order valence-electron chi connectivity index (χ3n) is 5.64. The number of aromatic nitrogens is 1. The van der Waals surface area contributed by atoms with Crippen molar-refractivity contribution in [3.05, 3.63) is 95.2 Å². The van der Waals surface area contributed by atoms with Crippen LogP contribution in [0.3, 0.4) is 0 Å². The normalized spacial score (nSPS) is 11.9. The first kappa shape index (κ1) is 21.2. The molecule has 0 saturated carbocycles. The molecule has 160 valence electrons. The zero-order chi connectivity index (χ0) is 21.8. The van der Waals surface area contributed by atoms with Crippen LogP contribution in [-0.2, 0) is 25.6 Å². The SMILES string of the molecule is CCc1ccc2[nH]cc(CCNCc3ccc(-c4ccc(C(F)(F)F)cc4)cc3)c2c1. The Morgan fingerprint density at radius 1 is 0.839 bits per heavy atom. The van der Waals surface area contributed by atoms with Gasteiger partial charge < -0.3 is 10.3 Å². The van der Waals surface area contributed by atoms with Crippen LogP contribution in [0.4, 0.5) is 13.2 Å². The minimum atomic E-state index is -4.31. The molecule has 0 unspecified atom stereocenters. The van der Waals surface area contributed by atoms with Crippen LogP contribution in [0.2, 0.25) is 0 Å². The fourth-order valence-corrected chi connectivity index (χ4v) is 3.77. The second-order valence-electron chi connectivity index (χ2n) is 7.75. The molecule has 1 aromatic heterocycles. The minimum absolute atomic E-state index is 0.627. The smallest absolute Gasteiger partial charge is 0.361 e. The van der Waals surface area contributed by atoms with Crippen molar-refractivity contribution in [2.45, 2.75) is 32.5 Å². The molecule has 0 amide bonds. The van der Waals surface area contributed by atoms with Gasteiger partial charge in [0.1, 0.15) is 0 Å². The maximum atomic E-state index is 12.7. The molecule has 3 aromatic carbocycles. The first-order valence-electron chi connectivity index (χ1n) is 10.5. The monoisotopic (exact) mass is 422 g/mol. The fourth-order valence-electron chi connectivity index (χ4n) is 3.77. The molecule has 0 aliphatic carbocycles. The van der Waals surface area contributed by atoms with Crippen LogP contribution in [0, 0.1) is 0 Å². The molecule has 5 heteroatoms. The van der Waals surface area contributed by atoms with Gasteiger partial charge in [-0.3, -0.25) is 0 Å². The Hall–Kier alpha value is -3.05. The standard InChI is InChI=1S/C26H25F3N2/c1-2-18-5-12-25-24(15-18)22(17-31-25)13-14-30-16-19-3-6-20(7-4-19)21-8-10-23(11-9-21)26(27,28)29/h3-12,15,17,30-31H,2,13-14,16H2,1H3. The van der Waals surface area contributed by atoms with E-state index in [1.54, 1.807) is 0 Å². The molecule has 0 radical (unpaired) electrons. The van der Waals surface area contributed by atoms with Gasteiger partial charge in [-0.2, -0.15) is 13.2 Å². The van der Waals surface area contributed by atoms with Crippen molar-refractivity contribution >= 4 is 10.9 Å². The Kier molecular flexibility index (Phi) is 6.14. The van der Waals surface area contributed by atoms with Gasteiger partial charge in [-0.15, -0.1) is 0 Å². The van der Waals surface area contributed by atoms with Gasteiger partial charge in [0.2, 0.25) is 0 Å². The van der Waals surface area contributed by atoms with Gasteiger partial charge >= 0.3 is 6.18 Å². The van der Waals surface area contributed by atoms with Crippen LogP contribution in [0.5, 0.6) is 0 Å². The summed E-state index contributed by atoms with van der Waals surface area (Å²) in [4.78, 5) is 3.34. The van der Waals surface area contributed by atoms with E-state index in [9.17, 15) is 13.2 Å². The Morgan fingerprint density at radius 2 is 1.48 bits per heavy atom. The van der Waals surface area contributed by atoms with E-state index in [-0.39, 0.29) is 0 Å². The summed E-state index contributed by atoms with van der Waals surface area (Å²) in [5.74, 6) is 0. The summed E-state index contributed by atoms with van der Waals surface area (Å²) in [7, 11) is 0. The summed E-state index contributed by atoms with van der Waals surface area (Å²) in [6, 6.07) is 19.8. The van der Waals surface area contributed by atoms with Crippen molar-refractivity contribution in [2.75, 3.05) is 6.54 Å². The second-order valence-corrected chi connectivity index (χ2v) is 7.75. The van der Waals surface area contributed by atoms with Gasteiger partial charge in [0.25, 0.3) is 0 Å². The molecule has 2 nitrogen and oxygen atoms in total. The second kappa shape index (κ2) is 8.98. The van der Waals surface area contributed by atoms with Crippen LogP contribution in [0.15, 0.2) is 72.9 Å². The predicted molar refractivity (Wildman–Crippen MR) is 120 cm³/mol. The average molecular weight is 422 g/mol. The molecule has 2 N–H and O–H groups in total.